The van der Waals surface area contributed by atoms with Gasteiger partial charge in [0.1, 0.15) is 0 Å². The van der Waals surface area contributed by atoms with Gasteiger partial charge in [-0.2, -0.15) is 0 Å². The van der Waals surface area contributed by atoms with Gasteiger partial charge in [-0.05, 0) is 24.5 Å². The number of amides is 1. The maximum absolute atomic E-state index is 12.8. The van der Waals surface area contributed by atoms with Crippen molar-refractivity contribution in [3.63, 3.8) is 0 Å². The molecule has 0 bridgehead atoms. The van der Waals surface area contributed by atoms with Crippen molar-refractivity contribution in [3.8, 4) is 0 Å². The first-order valence-corrected chi connectivity index (χ1v) is 10.1. The lowest BCUT2D eigenvalue weighted by atomic mass is 9.87. The second-order valence-corrected chi connectivity index (χ2v) is 8.36. The number of para-hydroxylation sites is 1. The van der Waals surface area contributed by atoms with E-state index in [4.69, 9.17) is 22.1 Å². The number of rotatable bonds is 7. The monoisotopic (exact) mass is 404 g/mol. The Balaban J connectivity index is 1.60. The molecule has 1 fully saturated rings. The number of hydrogen-bond donors (Lipinski definition) is 2. The molecule has 152 valence electrons. The zero-order valence-corrected chi connectivity index (χ0v) is 17.3. The smallest absolute Gasteiger partial charge is 0.253 e. The lowest BCUT2D eigenvalue weighted by Gasteiger charge is -2.43. The van der Waals surface area contributed by atoms with Crippen LogP contribution < -0.4 is 11.1 Å². The molecule has 0 spiro atoms. The molecule has 0 radical (unpaired) electrons. The summed E-state index contributed by atoms with van der Waals surface area (Å²) in [6.07, 6.45) is 2.42. The summed E-state index contributed by atoms with van der Waals surface area (Å²) in [5.41, 5.74) is 7.20. The minimum Gasteiger partial charge on any atom is -0.384 e. The number of ether oxygens (including phenoxy) is 1. The van der Waals surface area contributed by atoms with Gasteiger partial charge in [-0.3, -0.25) is 9.78 Å². The van der Waals surface area contributed by atoms with Gasteiger partial charge >= 0.3 is 0 Å². The first-order chi connectivity index (χ1) is 13.4. The fourth-order valence-electron chi connectivity index (χ4n) is 3.79. The van der Waals surface area contributed by atoms with E-state index in [0.29, 0.717) is 30.1 Å². The predicted octanol–water partition coefficient (Wildman–Crippen LogP) is 2.26. The molecule has 0 saturated carbocycles. The first-order valence-electron chi connectivity index (χ1n) is 9.69. The van der Waals surface area contributed by atoms with Crippen molar-refractivity contribution in [1.29, 1.82) is 0 Å². The number of hydrogen-bond acceptors (Lipinski definition) is 5. The lowest BCUT2D eigenvalue weighted by molar-refractivity contribution is 0.0899. The van der Waals surface area contributed by atoms with Gasteiger partial charge in [-0.1, -0.05) is 25.1 Å². The second-order valence-electron chi connectivity index (χ2n) is 7.83. The summed E-state index contributed by atoms with van der Waals surface area (Å²) in [5, 5.41) is 3.68. The van der Waals surface area contributed by atoms with Crippen LogP contribution in [0.1, 0.15) is 23.7 Å². The fourth-order valence-corrected chi connectivity index (χ4v) is 4.17. The number of nitrogens with one attached hydrogen (secondary N) is 1. The third-order valence-corrected chi connectivity index (χ3v) is 5.98. The average Bonchev–Trinajstić information content (AvgIpc) is 2.69. The van der Waals surface area contributed by atoms with Crippen molar-refractivity contribution in [1.82, 2.24) is 15.2 Å². The molecule has 1 saturated heterocycles. The summed E-state index contributed by atoms with van der Waals surface area (Å²) in [7, 11) is 1.72. The quantitative estimate of drug-likeness (QED) is 0.692. The van der Waals surface area contributed by atoms with E-state index in [9.17, 15) is 4.79 Å². The number of carbonyl (C=O) groups is 1. The van der Waals surface area contributed by atoms with E-state index >= 15 is 0 Å². The highest BCUT2D eigenvalue weighted by Gasteiger charge is 2.39. The maximum Gasteiger partial charge on any atom is 0.253 e. The molecule has 2 aromatic rings. The third-order valence-electron chi connectivity index (χ3n) is 5.41. The average molecular weight is 405 g/mol. The number of likely N-dealkylation sites (tertiary alicyclic amines) is 1. The number of methoxy groups -OCH3 is 1. The Hall–Kier alpha value is -1.73. The van der Waals surface area contributed by atoms with Crippen molar-refractivity contribution in [2.24, 2.45) is 11.7 Å². The zero-order valence-electron chi connectivity index (χ0n) is 16.5. The van der Waals surface area contributed by atoms with Crippen LogP contribution in [0.15, 0.2) is 36.5 Å². The molecule has 3 unspecified atom stereocenters. The molecule has 28 heavy (non-hydrogen) atoms. The molecule has 1 aliphatic heterocycles. The predicted molar refractivity (Wildman–Crippen MR) is 113 cm³/mol. The van der Waals surface area contributed by atoms with Crippen LogP contribution in [-0.2, 0) is 4.74 Å². The van der Waals surface area contributed by atoms with Crippen LogP contribution >= 0.6 is 11.6 Å². The van der Waals surface area contributed by atoms with Crippen LogP contribution in [0.4, 0.5) is 0 Å². The zero-order chi connectivity index (χ0) is 20.1. The Morgan fingerprint density at radius 1 is 1.46 bits per heavy atom. The summed E-state index contributed by atoms with van der Waals surface area (Å²) in [4.78, 5) is 19.4. The van der Waals surface area contributed by atoms with E-state index < -0.39 is 5.54 Å². The molecule has 1 aromatic heterocycles. The van der Waals surface area contributed by atoms with Crippen LogP contribution in [0.25, 0.3) is 10.9 Å². The minimum atomic E-state index is -0.629. The fraction of sp³-hybridized carbons (Fsp3) is 0.524. The number of piperidine rings is 1. The largest absolute Gasteiger partial charge is 0.384 e. The van der Waals surface area contributed by atoms with E-state index in [-0.39, 0.29) is 11.3 Å². The van der Waals surface area contributed by atoms with Crippen LogP contribution in [0.3, 0.4) is 0 Å². The molecule has 1 aliphatic rings. The van der Waals surface area contributed by atoms with Gasteiger partial charge < -0.3 is 20.7 Å². The van der Waals surface area contributed by atoms with E-state index in [0.717, 1.165) is 31.5 Å². The highest BCUT2D eigenvalue weighted by atomic mass is 35.5. The molecule has 1 aromatic carbocycles. The van der Waals surface area contributed by atoms with Gasteiger partial charge in [-0.15, -0.1) is 11.6 Å². The molecule has 6 nitrogen and oxygen atoms in total. The lowest BCUT2D eigenvalue weighted by Crippen LogP contribution is -2.63. The highest BCUT2D eigenvalue weighted by Crippen LogP contribution is 2.25. The molecule has 1 amide bonds. The second kappa shape index (κ2) is 9.18. The molecular weight excluding hydrogens is 376 g/mol. The van der Waals surface area contributed by atoms with Gasteiger partial charge in [0.05, 0.1) is 22.0 Å². The van der Waals surface area contributed by atoms with Crippen LogP contribution in [0, 0.1) is 5.92 Å². The number of fused-ring (bicyclic) bond motifs is 1. The van der Waals surface area contributed by atoms with Gasteiger partial charge in [0.2, 0.25) is 0 Å². The summed E-state index contributed by atoms with van der Waals surface area (Å²) in [6.45, 7) is 5.73. The Morgan fingerprint density at radius 3 is 3.00 bits per heavy atom. The number of nitrogens with two attached hydrogens (primary N) is 1. The van der Waals surface area contributed by atoms with Crippen molar-refractivity contribution in [2.45, 2.75) is 24.3 Å². The SMILES string of the molecule is COCC(C)CN1CCC(N)(CNC(=O)c2cccc3cccnc23)C(Cl)C1. The maximum atomic E-state index is 12.8. The van der Waals surface area contributed by atoms with Crippen molar-refractivity contribution >= 4 is 28.4 Å². The number of carbonyl (C=O) groups excluding carboxylic acids is 1. The third kappa shape index (κ3) is 4.81. The molecule has 3 atom stereocenters. The Morgan fingerprint density at radius 2 is 2.25 bits per heavy atom. The van der Waals surface area contributed by atoms with Gasteiger partial charge in [0.15, 0.2) is 0 Å². The van der Waals surface area contributed by atoms with Gasteiger partial charge in [-0.25, -0.2) is 0 Å². The summed E-state index contributed by atoms with van der Waals surface area (Å²) >= 11 is 6.64. The number of benzene rings is 1. The summed E-state index contributed by atoms with van der Waals surface area (Å²) in [5.74, 6) is 0.270. The summed E-state index contributed by atoms with van der Waals surface area (Å²) in [6, 6.07) is 9.39. The van der Waals surface area contributed by atoms with Crippen LogP contribution in [-0.4, -0.2) is 66.6 Å². The topological polar surface area (TPSA) is 80.5 Å². The molecule has 3 N–H and O–H groups in total. The molecule has 3 rings (SSSR count). The van der Waals surface area contributed by atoms with Gasteiger partial charge in [0.25, 0.3) is 5.91 Å². The minimum absolute atomic E-state index is 0.172. The standard InChI is InChI=1S/C21H29ClN4O2/c1-15(13-28-2)11-26-10-8-21(23,18(22)12-26)14-25-20(27)17-7-3-5-16-6-4-9-24-19(16)17/h3-7,9,15,18H,8,10-14,23H2,1-2H3,(H,25,27). The van der Waals surface area contributed by atoms with Gasteiger partial charge in [0, 0.05) is 51.5 Å². The van der Waals surface area contributed by atoms with E-state index in [2.05, 4.69) is 22.1 Å². The number of pyridine rings is 1. The number of alkyl halides is 1. The number of aromatic nitrogens is 1. The van der Waals surface area contributed by atoms with E-state index in [1.807, 2.05) is 24.3 Å². The first kappa shape index (κ1) is 21.0. The molecule has 7 heteroatoms. The van der Waals surface area contributed by atoms with Crippen molar-refractivity contribution in [3.05, 3.63) is 42.1 Å². The van der Waals surface area contributed by atoms with Crippen LogP contribution in [0.2, 0.25) is 0 Å². The number of halogens is 1. The summed E-state index contributed by atoms with van der Waals surface area (Å²) < 4.78 is 5.21. The molecule has 2 heterocycles. The van der Waals surface area contributed by atoms with Crippen molar-refractivity contribution < 1.29 is 9.53 Å². The van der Waals surface area contributed by atoms with Crippen molar-refractivity contribution in [2.75, 3.05) is 39.9 Å². The highest BCUT2D eigenvalue weighted by molar-refractivity contribution is 6.21. The molecule has 0 aliphatic carbocycles. The van der Waals surface area contributed by atoms with E-state index in [1.54, 1.807) is 19.4 Å². The molecular formula is C21H29ClN4O2. The van der Waals surface area contributed by atoms with E-state index in [1.165, 1.54) is 0 Å². The Kier molecular flexibility index (Phi) is 6.88. The Bertz CT molecular complexity index is 813. The van der Waals surface area contributed by atoms with Crippen LogP contribution in [0.5, 0.6) is 0 Å². The number of nitrogens with zero attached hydrogens (tertiary/aromatic N) is 2. The Labute approximate surface area is 171 Å². The normalized spacial score (nSPS) is 24.2.